The molecule has 4 unspecified atom stereocenters. The Balaban J connectivity index is 1.47. The molecule has 3 aliphatic heterocycles. The maximum absolute atomic E-state index is 14.2. The third-order valence-corrected chi connectivity index (χ3v) is 8.79. The molecule has 0 bridgehead atoms. The van der Waals surface area contributed by atoms with Crippen LogP contribution in [0.4, 0.5) is 11.4 Å². The van der Waals surface area contributed by atoms with Crippen LogP contribution < -0.4 is 14.4 Å². The Morgan fingerprint density at radius 3 is 2.23 bits per heavy atom. The number of carbonyl (C=O) groups is 4. The first-order chi connectivity index (χ1) is 21.2. The third kappa shape index (κ3) is 4.58. The predicted molar refractivity (Wildman–Crippen MR) is 162 cm³/mol. The van der Waals surface area contributed by atoms with Crippen LogP contribution in [0.15, 0.2) is 95.1 Å². The number of non-ortho nitro benzene ring substituents is 1. The van der Waals surface area contributed by atoms with Crippen molar-refractivity contribution in [2.75, 3.05) is 19.1 Å². The number of ether oxygens (including phenoxy) is 2. The van der Waals surface area contributed by atoms with E-state index in [4.69, 9.17) is 9.47 Å². The van der Waals surface area contributed by atoms with Crippen LogP contribution >= 0.6 is 15.9 Å². The Morgan fingerprint density at radius 1 is 0.886 bits per heavy atom. The van der Waals surface area contributed by atoms with Crippen molar-refractivity contribution >= 4 is 50.7 Å². The van der Waals surface area contributed by atoms with Gasteiger partial charge in [-0.2, -0.15) is 0 Å². The topological polar surface area (TPSA) is 136 Å². The lowest BCUT2D eigenvalue weighted by Crippen LogP contribution is -2.46. The summed E-state index contributed by atoms with van der Waals surface area (Å²) in [5.74, 6) is -3.69. The second kappa shape index (κ2) is 11.2. The van der Waals surface area contributed by atoms with E-state index in [0.29, 0.717) is 21.4 Å². The fourth-order valence-electron chi connectivity index (χ4n) is 6.15. The van der Waals surface area contributed by atoms with Crippen molar-refractivity contribution in [2.45, 2.75) is 12.1 Å². The van der Waals surface area contributed by atoms with E-state index in [0.717, 1.165) is 11.0 Å². The number of amides is 2. The molecule has 0 spiro atoms. The lowest BCUT2D eigenvalue weighted by Gasteiger charge is -2.33. The van der Waals surface area contributed by atoms with Crippen LogP contribution in [-0.2, 0) is 9.59 Å². The zero-order chi connectivity index (χ0) is 31.3. The molecule has 2 fully saturated rings. The number of fused-ring (bicyclic) bond motifs is 3. The van der Waals surface area contributed by atoms with Crippen molar-refractivity contribution in [3.05, 3.63) is 116 Å². The number of Topliss-reactive ketones (excluding diaryl/α,β-unsaturated/α-hetero) is 2. The molecule has 3 aromatic carbocycles. The van der Waals surface area contributed by atoms with Gasteiger partial charge in [0.05, 0.1) is 41.5 Å². The van der Waals surface area contributed by atoms with Crippen LogP contribution in [0, 0.1) is 22.0 Å². The maximum atomic E-state index is 14.2. The van der Waals surface area contributed by atoms with Crippen molar-refractivity contribution in [2.24, 2.45) is 11.8 Å². The number of nitro benzene ring substituents is 1. The highest BCUT2D eigenvalue weighted by Gasteiger charge is 2.64. The number of nitro groups is 1. The van der Waals surface area contributed by atoms with Crippen LogP contribution in [0.3, 0.4) is 0 Å². The van der Waals surface area contributed by atoms with Crippen molar-refractivity contribution in [1.82, 2.24) is 4.90 Å². The molecule has 2 saturated heterocycles. The van der Waals surface area contributed by atoms with E-state index in [1.54, 1.807) is 71.8 Å². The largest absolute Gasteiger partial charge is 0.496 e. The highest BCUT2D eigenvalue weighted by molar-refractivity contribution is 9.10. The van der Waals surface area contributed by atoms with Gasteiger partial charge in [-0.1, -0.05) is 36.4 Å². The second-order valence-electron chi connectivity index (χ2n) is 10.4. The van der Waals surface area contributed by atoms with E-state index in [1.807, 2.05) is 0 Å². The molecule has 3 aliphatic rings. The van der Waals surface area contributed by atoms with E-state index in [9.17, 15) is 29.3 Å². The number of nitrogens with zero attached hydrogens (tertiary/aromatic N) is 3. The molecule has 2 amide bonds. The number of imide groups is 1. The van der Waals surface area contributed by atoms with Crippen molar-refractivity contribution in [1.29, 1.82) is 0 Å². The monoisotopic (exact) mass is 657 g/mol. The van der Waals surface area contributed by atoms with Gasteiger partial charge < -0.3 is 14.4 Å². The van der Waals surface area contributed by atoms with Crippen LogP contribution in [0.25, 0.3) is 0 Å². The number of anilines is 1. The lowest BCUT2D eigenvalue weighted by molar-refractivity contribution is -0.384. The molecule has 222 valence electrons. The number of ketones is 2. The quantitative estimate of drug-likeness (QED) is 0.145. The lowest BCUT2D eigenvalue weighted by atomic mass is 9.85. The molecular weight excluding hydrogens is 634 g/mol. The molecule has 6 rings (SSSR count). The summed E-state index contributed by atoms with van der Waals surface area (Å²) in [5.41, 5.74) is 0.596. The van der Waals surface area contributed by atoms with Crippen LogP contribution in [0.5, 0.6) is 11.5 Å². The fourth-order valence-corrected chi connectivity index (χ4v) is 6.69. The van der Waals surface area contributed by atoms with Gasteiger partial charge >= 0.3 is 0 Å². The summed E-state index contributed by atoms with van der Waals surface area (Å²) in [6.07, 6.45) is 4.77. The van der Waals surface area contributed by atoms with E-state index < -0.39 is 46.4 Å². The highest BCUT2D eigenvalue weighted by Crippen LogP contribution is 2.49. The Hall–Kier alpha value is -5.10. The SMILES string of the molecule is COc1ccc(C(=O)C2C3C(=O)N(c4cc([N+](=O)[O-])ccc4OC)C(=O)C3C3C=C(C(=O)c4ccccc4)C=CN32)cc1Br. The zero-order valence-electron chi connectivity index (χ0n) is 23.4. The van der Waals surface area contributed by atoms with Gasteiger partial charge in [-0.05, 0) is 46.3 Å². The number of hydrogen-bond acceptors (Lipinski definition) is 9. The Labute approximate surface area is 259 Å². The van der Waals surface area contributed by atoms with Crippen LogP contribution in [0.1, 0.15) is 20.7 Å². The molecule has 0 aromatic heterocycles. The molecule has 3 aromatic rings. The summed E-state index contributed by atoms with van der Waals surface area (Å²) in [6.45, 7) is 0. The standard InChI is InChI=1S/C32H24BrN3O8/c1-43-24-10-8-18(14-21(24)33)30(38)28-27-26(23-15-19(12-13-34(23)28)29(37)17-6-4-3-5-7-17)31(39)35(32(27)40)22-16-20(36(41)42)9-11-25(22)44-2/h3-16,23,26-28H,1-2H3. The normalized spacial score (nSPS) is 21.9. The summed E-state index contributed by atoms with van der Waals surface area (Å²) in [6, 6.07) is 15.1. The number of carbonyl (C=O) groups excluding carboxylic acids is 4. The van der Waals surface area contributed by atoms with E-state index in [1.165, 1.54) is 26.4 Å². The van der Waals surface area contributed by atoms with Gasteiger partial charge in [0.25, 0.3) is 5.69 Å². The molecule has 3 heterocycles. The smallest absolute Gasteiger partial charge is 0.271 e. The average molecular weight is 658 g/mol. The minimum absolute atomic E-state index is 0.0788. The minimum Gasteiger partial charge on any atom is -0.496 e. The zero-order valence-corrected chi connectivity index (χ0v) is 25.0. The predicted octanol–water partition coefficient (Wildman–Crippen LogP) is 4.75. The van der Waals surface area contributed by atoms with Crippen molar-refractivity contribution < 1.29 is 33.6 Å². The van der Waals surface area contributed by atoms with Gasteiger partial charge in [0, 0.05) is 35.0 Å². The molecule has 44 heavy (non-hydrogen) atoms. The Kier molecular flexibility index (Phi) is 7.38. The number of allylic oxidation sites excluding steroid dienone is 2. The van der Waals surface area contributed by atoms with E-state index in [-0.39, 0.29) is 28.5 Å². The summed E-state index contributed by atoms with van der Waals surface area (Å²) in [7, 11) is 2.81. The average Bonchev–Trinajstić information content (AvgIpc) is 3.51. The Morgan fingerprint density at radius 2 is 1.57 bits per heavy atom. The van der Waals surface area contributed by atoms with Gasteiger partial charge in [0.15, 0.2) is 11.6 Å². The molecule has 0 saturated carbocycles. The van der Waals surface area contributed by atoms with Gasteiger partial charge in [-0.15, -0.1) is 0 Å². The molecule has 0 N–H and O–H groups in total. The number of rotatable bonds is 8. The summed E-state index contributed by atoms with van der Waals surface area (Å²) in [5, 5.41) is 11.6. The minimum atomic E-state index is -1.16. The Bertz CT molecular complexity index is 1800. The molecule has 4 atom stereocenters. The third-order valence-electron chi connectivity index (χ3n) is 8.17. The van der Waals surface area contributed by atoms with Crippen LogP contribution in [-0.4, -0.2) is 59.5 Å². The molecule has 12 heteroatoms. The van der Waals surface area contributed by atoms with Gasteiger partial charge in [0.2, 0.25) is 11.8 Å². The molecule has 0 aliphatic carbocycles. The van der Waals surface area contributed by atoms with Gasteiger partial charge in [-0.3, -0.25) is 29.3 Å². The molecule has 11 nitrogen and oxygen atoms in total. The molecular formula is C32H24BrN3O8. The first-order valence-corrected chi connectivity index (χ1v) is 14.3. The van der Waals surface area contributed by atoms with Crippen LogP contribution in [0.2, 0.25) is 0 Å². The maximum Gasteiger partial charge on any atom is 0.271 e. The van der Waals surface area contributed by atoms with Gasteiger partial charge in [-0.25, -0.2) is 4.90 Å². The molecule has 0 radical (unpaired) electrons. The number of benzene rings is 3. The van der Waals surface area contributed by atoms with Gasteiger partial charge in [0.1, 0.15) is 23.2 Å². The highest BCUT2D eigenvalue weighted by atomic mass is 79.9. The number of hydrogen-bond donors (Lipinski definition) is 0. The first kappa shape index (κ1) is 29.0. The summed E-state index contributed by atoms with van der Waals surface area (Å²) in [4.78, 5) is 69.4. The summed E-state index contributed by atoms with van der Waals surface area (Å²) >= 11 is 3.40. The number of methoxy groups -OCH3 is 2. The first-order valence-electron chi connectivity index (χ1n) is 13.5. The fraction of sp³-hybridized carbons (Fsp3) is 0.188. The van der Waals surface area contributed by atoms with Crippen molar-refractivity contribution in [3.8, 4) is 11.5 Å². The van der Waals surface area contributed by atoms with E-state index >= 15 is 0 Å². The summed E-state index contributed by atoms with van der Waals surface area (Å²) < 4.78 is 11.2. The van der Waals surface area contributed by atoms with Crippen molar-refractivity contribution in [3.63, 3.8) is 0 Å². The van der Waals surface area contributed by atoms with E-state index in [2.05, 4.69) is 15.9 Å². The second-order valence-corrected chi connectivity index (χ2v) is 11.3. The number of halogens is 1.